The first-order valence-electron chi connectivity index (χ1n) is 3.84. The summed E-state index contributed by atoms with van der Waals surface area (Å²) in [6, 6.07) is 0. The second-order valence-electron chi connectivity index (χ2n) is 3.43. The molecule has 1 aliphatic rings. The molecule has 1 aliphatic heterocycles. The lowest BCUT2D eigenvalue weighted by Crippen LogP contribution is -2.42. The van der Waals surface area contributed by atoms with Gasteiger partial charge in [-0.2, -0.15) is 9.78 Å². The highest BCUT2D eigenvalue weighted by Crippen LogP contribution is 2.19. The molecule has 0 aliphatic carbocycles. The van der Waals surface area contributed by atoms with Gasteiger partial charge in [-0.1, -0.05) is 0 Å². The van der Waals surface area contributed by atoms with Crippen LogP contribution in [0.2, 0.25) is 0 Å². The van der Waals surface area contributed by atoms with Gasteiger partial charge in [0.25, 0.3) is 0 Å². The Balaban J connectivity index is 2.51. The van der Waals surface area contributed by atoms with Crippen molar-refractivity contribution in [2.24, 2.45) is 5.10 Å². The Labute approximate surface area is 70.5 Å². The highest BCUT2D eigenvalue weighted by molar-refractivity contribution is 5.93. The van der Waals surface area contributed by atoms with Crippen molar-refractivity contribution >= 4 is 11.7 Å². The first kappa shape index (κ1) is 7.27. The molecule has 0 radical (unpaired) electrons. The van der Waals surface area contributed by atoms with Crippen LogP contribution in [0.25, 0.3) is 0 Å². The normalized spacial score (nSPS) is 19.4. The number of nitrogens with one attached hydrogen (secondary N) is 1. The summed E-state index contributed by atoms with van der Waals surface area (Å²) in [6.07, 6.45) is 1.58. The van der Waals surface area contributed by atoms with Crippen LogP contribution in [0, 0.1) is 0 Å². The van der Waals surface area contributed by atoms with Crippen LogP contribution in [0.15, 0.2) is 11.4 Å². The molecular formula is C7H11N5. The molecule has 5 nitrogen and oxygen atoms in total. The molecule has 0 fully saturated rings. The van der Waals surface area contributed by atoms with E-state index < -0.39 is 0 Å². The molecule has 0 atom stereocenters. The van der Waals surface area contributed by atoms with E-state index in [0.717, 1.165) is 5.71 Å². The van der Waals surface area contributed by atoms with Crippen molar-refractivity contribution in [2.45, 2.75) is 26.3 Å². The van der Waals surface area contributed by atoms with Crippen molar-refractivity contribution in [3.8, 4) is 0 Å². The lowest BCUT2D eigenvalue weighted by atomic mass is 10.00. The Morgan fingerprint density at radius 3 is 3.00 bits per heavy atom. The van der Waals surface area contributed by atoms with Crippen LogP contribution in [0.3, 0.4) is 0 Å². The molecule has 1 N–H and O–H groups in total. The van der Waals surface area contributed by atoms with Crippen LogP contribution in [-0.4, -0.2) is 26.1 Å². The van der Waals surface area contributed by atoms with E-state index in [1.54, 1.807) is 11.0 Å². The Hall–Kier alpha value is -1.39. The van der Waals surface area contributed by atoms with Crippen LogP contribution in [-0.2, 0) is 0 Å². The van der Waals surface area contributed by atoms with Gasteiger partial charge in [0.2, 0.25) is 5.95 Å². The number of fused-ring (bicyclic) bond motifs is 1. The number of aromatic nitrogens is 3. The summed E-state index contributed by atoms with van der Waals surface area (Å²) in [7, 11) is 0. The molecule has 0 amide bonds. The number of hydrogen-bond acceptors (Lipinski definition) is 4. The largest absolute Gasteiger partial charge is 0.343 e. The predicted molar refractivity (Wildman–Crippen MR) is 46.2 cm³/mol. The monoisotopic (exact) mass is 165 g/mol. The molecule has 0 saturated carbocycles. The van der Waals surface area contributed by atoms with E-state index in [1.807, 2.05) is 6.92 Å². The highest BCUT2D eigenvalue weighted by atomic mass is 15.5. The third kappa shape index (κ3) is 0.895. The molecular weight excluding hydrogens is 154 g/mol. The summed E-state index contributed by atoms with van der Waals surface area (Å²) >= 11 is 0. The minimum absolute atomic E-state index is 0.122. The molecule has 12 heavy (non-hydrogen) atoms. The zero-order valence-corrected chi connectivity index (χ0v) is 7.37. The fourth-order valence-electron chi connectivity index (χ4n) is 1.04. The lowest BCUT2D eigenvalue weighted by molar-refractivity contribution is 0.680. The number of anilines is 1. The van der Waals surface area contributed by atoms with Crippen molar-refractivity contribution in [3.63, 3.8) is 0 Å². The number of rotatable bonds is 0. The highest BCUT2D eigenvalue weighted by Gasteiger charge is 2.27. The van der Waals surface area contributed by atoms with Gasteiger partial charge in [0, 0.05) is 0 Å². The Morgan fingerprint density at radius 2 is 2.25 bits per heavy atom. The zero-order valence-electron chi connectivity index (χ0n) is 7.37. The van der Waals surface area contributed by atoms with Crippen LogP contribution in [0.4, 0.5) is 5.95 Å². The molecule has 0 aromatic carbocycles. The van der Waals surface area contributed by atoms with Gasteiger partial charge in [0.15, 0.2) is 0 Å². The molecule has 5 heteroatoms. The first-order valence-corrected chi connectivity index (χ1v) is 3.84. The summed E-state index contributed by atoms with van der Waals surface area (Å²) in [6.45, 7) is 6.10. The standard InChI is InChI=1S/C7H11N5/c1-5-7(2,3)9-6-10-8-4-12(6)11-5/h4H,1-3H3,(H,9,10). The summed E-state index contributed by atoms with van der Waals surface area (Å²) in [5.41, 5.74) is 0.901. The van der Waals surface area contributed by atoms with Gasteiger partial charge in [0.1, 0.15) is 6.33 Å². The van der Waals surface area contributed by atoms with Crippen LogP contribution >= 0.6 is 0 Å². The van der Waals surface area contributed by atoms with E-state index in [-0.39, 0.29) is 5.54 Å². The maximum atomic E-state index is 4.30. The second-order valence-corrected chi connectivity index (χ2v) is 3.43. The van der Waals surface area contributed by atoms with Crippen LogP contribution in [0.5, 0.6) is 0 Å². The minimum Gasteiger partial charge on any atom is -0.343 e. The molecule has 2 heterocycles. The van der Waals surface area contributed by atoms with Gasteiger partial charge in [0.05, 0.1) is 11.3 Å². The topological polar surface area (TPSA) is 55.1 Å². The average molecular weight is 165 g/mol. The van der Waals surface area contributed by atoms with E-state index >= 15 is 0 Å². The molecule has 1 aromatic heterocycles. The molecule has 1 aromatic rings. The molecule has 0 unspecified atom stereocenters. The van der Waals surface area contributed by atoms with Gasteiger partial charge in [-0.25, -0.2) is 0 Å². The number of hydrogen-bond donors (Lipinski definition) is 1. The van der Waals surface area contributed by atoms with Crippen LogP contribution < -0.4 is 5.32 Å². The van der Waals surface area contributed by atoms with Crippen molar-refractivity contribution in [2.75, 3.05) is 5.32 Å². The lowest BCUT2D eigenvalue weighted by Gasteiger charge is -2.29. The smallest absolute Gasteiger partial charge is 0.246 e. The minimum atomic E-state index is -0.122. The Kier molecular flexibility index (Phi) is 1.25. The molecule has 0 saturated heterocycles. The Morgan fingerprint density at radius 1 is 1.50 bits per heavy atom. The van der Waals surface area contributed by atoms with Crippen molar-refractivity contribution in [3.05, 3.63) is 6.33 Å². The van der Waals surface area contributed by atoms with E-state index in [9.17, 15) is 0 Å². The van der Waals surface area contributed by atoms with Gasteiger partial charge in [-0.05, 0) is 20.8 Å². The average Bonchev–Trinajstić information content (AvgIpc) is 2.35. The van der Waals surface area contributed by atoms with Crippen molar-refractivity contribution in [1.82, 2.24) is 14.9 Å². The van der Waals surface area contributed by atoms with Crippen molar-refractivity contribution in [1.29, 1.82) is 0 Å². The molecule has 64 valence electrons. The summed E-state index contributed by atoms with van der Waals surface area (Å²) < 4.78 is 1.64. The number of nitrogens with zero attached hydrogens (tertiary/aromatic N) is 4. The van der Waals surface area contributed by atoms with Crippen LogP contribution in [0.1, 0.15) is 20.8 Å². The third-order valence-corrected chi connectivity index (χ3v) is 2.12. The second kappa shape index (κ2) is 2.06. The maximum Gasteiger partial charge on any atom is 0.246 e. The SMILES string of the molecule is CC1=Nn2cnnc2NC1(C)C. The van der Waals surface area contributed by atoms with Gasteiger partial charge >= 0.3 is 0 Å². The molecule has 0 bridgehead atoms. The third-order valence-electron chi connectivity index (χ3n) is 2.12. The van der Waals surface area contributed by atoms with E-state index in [1.165, 1.54) is 0 Å². The maximum absolute atomic E-state index is 4.30. The fourth-order valence-corrected chi connectivity index (χ4v) is 1.04. The molecule has 2 rings (SSSR count). The zero-order chi connectivity index (χ0) is 8.77. The van der Waals surface area contributed by atoms with Gasteiger partial charge in [-0.3, -0.25) is 0 Å². The quantitative estimate of drug-likeness (QED) is 0.615. The fraction of sp³-hybridized carbons (Fsp3) is 0.571. The van der Waals surface area contributed by atoms with E-state index in [4.69, 9.17) is 0 Å². The van der Waals surface area contributed by atoms with Gasteiger partial charge in [-0.15, -0.1) is 10.2 Å². The summed E-state index contributed by atoms with van der Waals surface area (Å²) in [5.74, 6) is 0.700. The Bertz CT molecular complexity index is 335. The predicted octanol–water partition coefficient (Wildman–Crippen LogP) is 0.706. The van der Waals surface area contributed by atoms with E-state index in [2.05, 4.69) is 34.5 Å². The van der Waals surface area contributed by atoms with E-state index in [0.29, 0.717) is 5.95 Å². The summed E-state index contributed by atoms with van der Waals surface area (Å²) in [5, 5.41) is 15.2. The summed E-state index contributed by atoms with van der Waals surface area (Å²) in [4.78, 5) is 0. The first-order chi connectivity index (χ1) is 5.59. The van der Waals surface area contributed by atoms with Crippen molar-refractivity contribution < 1.29 is 0 Å². The van der Waals surface area contributed by atoms with Gasteiger partial charge < -0.3 is 5.32 Å². The molecule has 0 spiro atoms.